The molecule has 1 aliphatic rings. The summed E-state index contributed by atoms with van der Waals surface area (Å²) < 4.78 is 30.4. The van der Waals surface area contributed by atoms with Crippen molar-refractivity contribution in [2.45, 2.75) is 18.7 Å². The molecule has 4 rings (SSSR count). The van der Waals surface area contributed by atoms with Crippen LogP contribution in [0, 0.1) is 0 Å². The Hall–Kier alpha value is -2.93. The molecule has 0 saturated carbocycles. The molecule has 1 aromatic heterocycles. The van der Waals surface area contributed by atoms with Gasteiger partial charge >= 0.3 is 0 Å². The fourth-order valence-electron chi connectivity index (χ4n) is 3.35. The molecule has 6 nitrogen and oxygen atoms in total. The van der Waals surface area contributed by atoms with Gasteiger partial charge < -0.3 is 9.32 Å². The van der Waals surface area contributed by atoms with Gasteiger partial charge in [0.1, 0.15) is 12.0 Å². The molecule has 0 radical (unpaired) electrons. The van der Waals surface area contributed by atoms with E-state index in [9.17, 15) is 13.2 Å². The second-order valence-electron chi connectivity index (χ2n) is 6.88. The van der Waals surface area contributed by atoms with Crippen molar-refractivity contribution in [3.05, 3.63) is 77.7 Å². The molecule has 0 spiro atoms. The molecule has 1 amide bonds. The van der Waals surface area contributed by atoms with Crippen molar-refractivity contribution in [3.8, 4) is 11.5 Å². The summed E-state index contributed by atoms with van der Waals surface area (Å²) in [7, 11) is -3.64. The molecular formula is C21H20N2O4S. The third-order valence-corrected chi connectivity index (χ3v) is 6.19. The highest BCUT2D eigenvalue weighted by molar-refractivity contribution is 7.91. The van der Waals surface area contributed by atoms with Crippen LogP contribution in [0.4, 0.5) is 0 Å². The molecule has 144 valence electrons. The van der Waals surface area contributed by atoms with E-state index in [2.05, 4.69) is 4.98 Å². The van der Waals surface area contributed by atoms with Crippen LogP contribution in [0.5, 0.6) is 0 Å². The van der Waals surface area contributed by atoms with Gasteiger partial charge in [-0.15, -0.1) is 0 Å². The lowest BCUT2D eigenvalue weighted by atomic mass is 10.00. The number of rotatable bonds is 5. The van der Waals surface area contributed by atoms with E-state index in [1.807, 2.05) is 54.6 Å². The molecule has 1 aliphatic heterocycles. The molecule has 0 saturated heterocycles. The maximum absolute atomic E-state index is 12.5. The van der Waals surface area contributed by atoms with Crippen molar-refractivity contribution in [2.24, 2.45) is 0 Å². The van der Waals surface area contributed by atoms with E-state index >= 15 is 0 Å². The minimum Gasteiger partial charge on any atom is -0.444 e. The topological polar surface area (TPSA) is 80.5 Å². The number of sulfone groups is 1. The smallest absolute Gasteiger partial charge is 0.238 e. The summed E-state index contributed by atoms with van der Waals surface area (Å²) in [6, 6.07) is 17.2. The number of carbonyl (C=O) groups is 1. The van der Waals surface area contributed by atoms with E-state index < -0.39 is 15.6 Å². The quantitative estimate of drug-likeness (QED) is 0.662. The summed E-state index contributed by atoms with van der Waals surface area (Å²) in [5.41, 5.74) is 3.36. The number of carbonyl (C=O) groups excluding carboxylic acids is 1. The highest BCUT2D eigenvalue weighted by atomic mass is 32.2. The fourth-order valence-corrected chi connectivity index (χ4v) is 4.60. The molecule has 0 aliphatic carbocycles. The predicted molar refractivity (Wildman–Crippen MR) is 105 cm³/mol. The van der Waals surface area contributed by atoms with Gasteiger partial charge in [-0.1, -0.05) is 42.5 Å². The van der Waals surface area contributed by atoms with Gasteiger partial charge in [0.25, 0.3) is 0 Å². The van der Waals surface area contributed by atoms with E-state index in [1.54, 1.807) is 4.90 Å². The largest absolute Gasteiger partial charge is 0.444 e. The number of hydrogen-bond acceptors (Lipinski definition) is 5. The SMILES string of the molecule is O=C(CS(=O)(=O)Cc1coc(-c2ccccc2)n1)N1CCc2ccccc2C1. The van der Waals surface area contributed by atoms with Crippen LogP contribution in [0.3, 0.4) is 0 Å². The summed E-state index contributed by atoms with van der Waals surface area (Å²) in [6.07, 6.45) is 2.08. The lowest BCUT2D eigenvalue weighted by Gasteiger charge is -2.28. The molecule has 0 fully saturated rings. The highest BCUT2D eigenvalue weighted by Crippen LogP contribution is 2.21. The maximum Gasteiger partial charge on any atom is 0.238 e. The fraction of sp³-hybridized carbons (Fsp3) is 0.238. The van der Waals surface area contributed by atoms with E-state index in [1.165, 1.54) is 11.8 Å². The molecule has 2 heterocycles. The third-order valence-electron chi connectivity index (χ3n) is 4.77. The van der Waals surface area contributed by atoms with Gasteiger partial charge in [-0.3, -0.25) is 4.79 Å². The average molecular weight is 396 g/mol. The number of hydrogen-bond donors (Lipinski definition) is 0. The van der Waals surface area contributed by atoms with Crippen molar-refractivity contribution < 1.29 is 17.6 Å². The number of oxazole rings is 1. The zero-order valence-corrected chi connectivity index (χ0v) is 16.1. The zero-order chi connectivity index (χ0) is 19.6. The second-order valence-corrected chi connectivity index (χ2v) is 8.94. The Morgan fingerprint density at radius 3 is 2.54 bits per heavy atom. The molecule has 0 bridgehead atoms. The molecule has 0 N–H and O–H groups in total. The second kappa shape index (κ2) is 7.59. The predicted octanol–water partition coefficient (Wildman–Crippen LogP) is 2.84. The highest BCUT2D eigenvalue weighted by Gasteiger charge is 2.26. The molecule has 3 aromatic rings. The van der Waals surface area contributed by atoms with Crippen molar-refractivity contribution in [2.75, 3.05) is 12.3 Å². The van der Waals surface area contributed by atoms with E-state index in [0.717, 1.165) is 17.5 Å². The summed E-state index contributed by atoms with van der Waals surface area (Å²) in [4.78, 5) is 18.4. The van der Waals surface area contributed by atoms with E-state index in [0.29, 0.717) is 24.7 Å². The number of amides is 1. The van der Waals surface area contributed by atoms with Gasteiger partial charge in [0.05, 0.1) is 11.4 Å². The molecule has 7 heteroatoms. The molecule has 2 aromatic carbocycles. The van der Waals surface area contributed by atoms with Gasteiger partial charge in [-0.05, 0) is 29.7 Å². The minimum absolute atomic E-state index is 0.302. The van der Waals surface area contributed by atoms with Gasteiger partial charge in [0, 0.05) is 18.7 Å². The number of nitrogens with zero attached hydrogens (tertiary/aromatic N) is 2. The first-order valence-corrected chi connectivity index (χ1v) is 10.9. The Morgan fingerprint density at radius 2 is 1.75 bits per heavy atom. The van der Waals surface area contributed by atoms with E-state index in [-0.39, 0.29) is 11.7 Å². The van der Waals surface area contributed by atoms with Gasteiger partial charge in [-0.25, -0.2) is 13.4 Å². The Morgan fingerprint density at radius 1 is 1.04 bits per heavy atom. The summed E-state index contributed by atoms with van der Waals surface area (Å²) in [5.74, 6) is -0.853. The van der Waals surface area contributed by atoms with Crippen LogP contribution in [0.2, 0.25) is 0 Å². The van der Waals surface area contributed by atoms with Crippen molar-refractivity contribution in [1.29, 1.82) is 0 Å². The average Bonchev–Trinajstić information content (AvgIpc) is 3.15. The molecular weight excluding hydrogens is 376 g/mol. The Bertz CT molecular complexity index is 1090. The van der Waals surface area contributed by atoms with Crippen LogP contribution in [-0.2, 0) is 33.4 Å². The lowest BCUT2D eigenvalue weighted by molar-refractivity contribution is -0.129. The van der Waals surface area contributed by atoms with Crippen LogP contribution in [0.25, 0.3) is 11.5 Å². The van der Waals surface area contributed by atoms with Gasteiger partial charge in [-0.2, -0.15) is 0 Å². The van der Waals surface area contributed by atoms with Crippen LogP contribution in [-0.4, -0.2) is 36.5 Å². The van der Waals surface area contributed by atoms with Gasteiger partial charge in [0.2, 0.25) is 11.8 Å². The molecule has 28 heavy (non-hydrogen) atoms. The first-order chi connectivity index (χ1) is 13.5. The standard InChI is InChI=1S/C21H20N2O4S/c24-20(23-11-10-16-6-4-5-9-18(16)12-23)15-28(25,26)14-19-13-27-21(22-19)17-7-2-1-3-8-17/h1-9,13H,10-12,14-15H2. The first kappa shape index (κ1) is 18.4. The van der Waals surface area contributed by atoms with Crippen LogP contribution in [0.1, 0.15) is 16.8 Å². The Labute approximate surface area is 163 Å². The Kier molecular flexibility index (Phi) is 5.00. The zero-order valence-electron chi connectivity index (χ0n) is 15.2. The first-order valence-electron chi connectivity index (χ1n) is 9.05. The number of benzene rings is 2. The minimum atomic E-state index is -3.64. The Balaban J connectivity index is 1.41. The number of fused-ring (bicyclic) bond motifs is 1. The molecule has 0 atom stereocenters. The third kappa shape index (κ3) is 4.14. The summed E-state index contributed by atoms with van der Waals surface area (Å²) in [6.45, 7) is 0.986. The van der Waals surface area contributed by atoms with Crippen molar-refractivity contribution in [1.82, 2.24) is 9.88 Å². The van der Waals surface area contributed by atoms with Crippen molar-refractivity contribution >= 4 is 15.7 Å². The monoisotopic (exact) mass is 396 g/mol. The van der Waals surface area contributed by atoms with Crippen LogP contribution < -0.4 is 0 Å². The van der Waals surface area contributed by atoms with Crippen molar-refractivity contribution in [3.63, 3.8) is 0 Å². The van der Waals surface area contributed by atoms with Gasteiger partial charge in [0.15, 0.2) is 9.84 Å². The normalized spacial score (nSPS) is 13.9. The van der Waals surface area contributed by atoms with E-state index in [4.69, 9.17) is 4.42 Å². The lowest BCUT2D eigenvalue weighted by Crippen LogP contribution is -2.39. The van der Waals surface area contributed by atoms with Crippen LogP contribution in [0.15, 0.2) is 65.3 Å². The number of aromatic nitrogens is 1. The van der Waals surface area contributed by atoms with Crippen LogP contribution >= 0.6 is 0 Å². The maximum atomic E-state index is 12.5. The summed E-state index contributed by atoms with van der Waals surface area (Å²) >= 11 is 0. The summed E-state index contributed by atoms with van der Waals surface area (Å²) in [5, 5.41) is 0. The molecule has 0 unspecified atom stereocenters.